The normalized spacial score (nSPS) is 17.8. The van der Waals surface area contributed by atoms with Crippen molar-refractivity contribution in [2.45, 2.75) is 45.6 Å². The summed E-state index contributed by atoms with van der Waals surface area (Å²) < 4.78 is 5.86. The molecule has 3 aromatic carbocycles. The van der Waals surface area contributed by atoms with Crippen molar-refractivity contribution in [1.29, 1.82) is 0 Å². The summed E-state index contributed by atoms with van der Waals surface area (Å²) in [5.74, 6) is 2.18. The number of hydrogen-bond acceptors (Lipinski definition) is 3. The lowest BCUT2D eigenvalue weighted by molar-refractivity contribution is 0.395. The maximum atomic E-state index is 5.86. The van der Waals surface area contributed by atoms with E-state index in [1.807, 2.05) is 60.8 Å². The van der Waals surface area contributed by atoms with Crippen LogP contribution in [0.4, 0.5) is 11.4 Å². The minimum Gasteiger partial charge on any atom is -0.457 e. The quantitative estimate of drug-likeness (QED) is 0.432. The Bertz CT molecular complexity index is 1050. The molecule has 0 fully saturated rings. The van der Waals surface area contributed by atoms with E-state index in [1.165, 1.54) is 22.4 Å². The molecule has 0 spiro atoms. The molecule has 1 unspecified atom stereocenters. The molecule has 0 radical (unpaired) electrons. The zero-order valence-corrected chi connectivity index (χ0v) is 18.5. The Balaban J connectivity index is 1.54. The van der Waals surface area contributed by atoms with Crippen LogP contribution in [0.3, 0.4) is 0 Å². The zero-order chi connectivity index (χ0) is 21.3. The van der Waals surface area contributed by atoms with Gasteiger partial charge in [0.1, 0.15) is 11.5 Å². The van der Waals surface area contributed by atoms with Crippen LogP contribution >= 0.6 is 0 Å². The largest absolute Gasteiger partial charge is 0.457 e. The summed E-state index contributed by atoms with van der Waals surface area (Å²) in [4.78, 5) is 7.13. The van der Waals surface area contributed by atoms with Crippen molar-refractivity contribution < 1.29 is 4.74 Å². The molecule has 154 valence electrons. The van der Waals surface area contributed by atoms with Crippen LogP contribution in [-0.2, 0) is 0 Å². The van der Waals surface area contributed by atoms with Gasteiger partial charge in [-0.3, -0.25) is 4.99 Å². The first-order valence-corrected chi connectivity index (χ1v) is 10.6. The number of hydrogen-bond donors (Lipinski definition) is 0. The number of para-hydroxylation sites is 1. The van der Waals surface area contributed by atoms with Gasteiger partial charge in [0.05, 0.1) is 5.69 Å². The number of ether oxygens (including phenoxy) is 1. The zero-order valence-electron chi connectivity index (χ0n) is 18.5. The third kappa shape index (κ3) is 4.11. The summed E-state index contributed by atoms with van der Waals surface area (Å²) in [7, 11) is 2.21. The lowest BCUT2D eigenvalue weighted by Crippen LogP contribution is -2.45. The molecule has 0 aliphatic carbocycles. The average Bonchev–Trinajstić information content (AvgIpc) is 2.72. The molecule has 0 saturated carbocycles. The second-order valence-electron chi connectivity index (χ2n) is 8.91. The summed E-state index contributed by atoms with van der Waals surface area (Å²) in [6, 6.07) is 22.3. The fourth-order valence-corrected chi connectivity index (χ4v) is 4.24. The van der Waals surface area contributed by atoms with Crippen LogP contribution in [0.5, 0.6) is 11.5 Å². The Kier molecular flexibility index (Phi) is 5.38. The lowest BCUT2D eigenvalue weighted by atomic mass is 9.79. The summed E-state index contributed by atoms with van der Waals surface area (Å²) >= 11 is 0. The van der Waals surface area contributed by atoms with Crippen LogP contribution in [0, 0.1) is 6.92 Å². The first-order chi connectivity index (χ1) is 14.3. The predicted octanol–water partition coefficient (Wildman–Crippen LogP) is 7.26. The summed E-state index contributed by atoms with van der Waals surface area (Å²) in [6.07, 6.45) is 3.13. The average molecular weight is 399 g/mol. The van der Waals surface area contributed by atoms with E-state index in [0.29, 0.717) is 5.92 Å². The van der Waals surface area contributed by atoms with E-state index in [1.54, 1.807) is 0 Å². The smallest absolute Gasteiger partial charge is 0.127 e. The van der Waals surface area contributed by atoms with Gasteiger partial charge in [-0.1, -0.05) is 25.1 Å². The van der Waals surface area contributed by atoms with Gasteiger partial charge >= 0.3 is 0 Å². The Morgan fingerprint density at radius 2 is 1.67 bits per heavy atom. The molecule has 1 aliphatic heterocycles. The van der Waals surface area contributed by atoms with Gasteiger partial charge in [0.15, 0.2) is 0 Å². The summed E-state index contributed by atoms with van der Waals surface area (Å²) in [6.45, 7) is 9.14. The molecular weight excluding hydrogens is 368 g/mol. The number of fused-ring (bicyclic) bond motifs is 1. The van der Waals surface area contributed by atoms with Crippen LogP contribution in [-0.4, -0.2) is 18.8 Å². The van der Waals surface area contributed by atoms with E-state index in [-0.39, 0.29) is 5.54 Å². The van der Waals surface area contributed by atoms with Crippen LogP contribution in [0.15, 0.2) is 71.7 Å². The molecule has 3 heteroatoms. The molecular formula is C27H30N2O. The van der Waals surface area contributed by atoms with E-state index >= 15 is 0 Å². The van der Waals surface area contributed by atoms with Gasteiger partial charge in [0.2, 0.25) is 0 Å². The Labute approximate surface area is 180 Å². The molecule has 3 aromatic rings. The van der Waals surface area contributed by atoms with Crippen molar-refractivity contribution >= 4 is 17.6 Å². The summed E-state index contributed by atoms with van der Waals surface area (Å²) in [5.41, 5.74) is 6.28. The minimum atomic E-state index is 0.179. The highest BCUT2D eigenvalue weighted by molar-refractivity contribution is 5.86. The molecule has 30 heavy (non-hydrogen) atoms. The van der Waals surface area contributed by atoms with Gasteiger partial charge in [-0.05, 0) is 98.3 Å². The van der Waals surface area contributed by atoms with Gasteiger partial charge < -0.3 is 9.64 Å². The van der Waals surface area contributed by atoms with Crippen LogP contribution in [0.1, 0.15) is 49.8 Å². The van der Waals surface area contributed by atoms with Crippen molar-refractivity contribution in [2.24, 2.45) is 4.99 Å². The van der Waals surface area contributed by atoms with Crippen molar-refractivity contribution in [3.05, 3.63) is 83.4 Å². The SMILES string of the molecule is Cc1cc2c(cc1C=Nc1ccc(Oc3ccccc3)cc1)C(C)CC(C)(C)N2C. The van der Waals surface area contributed by atoms with E-state index < -0.39 is 0 Å². The van der Waals surface area contributed by atoms with Gasteiger partial charge in [-0.2, -0.15) is 0 Å². The molecule has 0 aromatic heterocycles. The topological polar surface area (TPSA) is 24.8 Å². The molecule has 0 amide bonds. The van der Waals surface area contributed by atoms with E-state index in [2.05, 4.69) is 51.8 Å². The Hall–Kier alpha value is -3.07. The second kappa shape index (κ2) is 7.98. The number of aryl methyl sites for hydroxylation is 1. The monoisotopic (exact) mass is 398 g/mol. The van der Waals surface area contributed by atoms with E-state index in [4.69, 9.17) is 9.73 Å². The highest BCUT2D eigenvalue weighted by atomic mass is 16.5. The highest BCUT2D eigenvalue weighted by Crippen LogP contribution is 2.43. The number of aliphatic imine (C=N–C) groups is 1. The van der Waals surface area contributed by atoms with E-state index in [9.17, 15) is 0 Å². The lowest BCUT2D eigenvalue weighted by Gasteiger charge is -2.45. The van der Waals surface area contributed by atoms with Gasteiger partial charge in [-0.15, -0.1) is 0 Å². The maximum absolute atomic E-state index is 5.86. The second-order valence-corrected chi connectivity index (χ2v) is 8.91. The standard InChI is InChI=1S/C27H30N2O/c1-19-15-26-25(20(2)17-27(3,4)29(26)5)16-21(19)18-28-22-11-13-24(14-12-22)30-23-9-7-6-8-10-23/h6-16,18,20H,17H2,1-5H3. The molecule has 0 bridgehead atoms. The number of benzene rings is 3. The third-order valence-corrected chi connectivity index (χ3v) is 6.19. The first-order valence-electron chi connectivity index (χ1n) is 10.6. The van der Waals surface area contributed by atoms with Crippen molar-refractivity contribution in [1.82, 2.24) is 0 Å². The van der Waals surface area contributed by atoms with Gasteiger partial charge in [0, 0.05) is 24.5 Å². The molecule has 0 N–H and O–H groups in total. The van der Waals surface area contributed by atoms with Gasteiger partial charge in [0.25, 0.3) is 0 Å². The molecule has 4 rings (SSSR count). The maximum Gasteiger partial charge on any atom is 0.127 e. The van der Waals surface area contributed by atoms with Crippen molar-refractivity contribution in [3.63, 3.8) is 0 Å². The van der Waals surface area contributed by atoms with Crippen molar-refractivity contribution in [3.8, 4) is 11.5 Å². The number of anilines is 1. The molecule has 3 nitrogen and oxygen atoms in total. The molecule has 1 heterocycles. The van der Waals surface area contributed by atoms with E-state index in [0.717, 1.165) is 23.6 Å². The Morgan fingerprint density at radius 3 is 2.37 bits per heavy atom. The van der Waals surface area contributed by atoms with Crippen LogP contribution in [0.2, 0.25) is 0 Å². The highest BCUT2D eigenvalue weighted by Gasteiger charge is 2.34. The minimum absolute atomic E-state index is 0.179. The number of nitrogens with zero attached hydrogens (tertiary/aromatic N) is 2. The van der Waals surface area contributed by atoms with Crippen molar-refractivity contribution in [2.75, 3.05) is 11.9 Å². The summed E-state index contributed by atoms with van der Waals surface area (Å²) in [5, 5.41) is 0. The van der Waals surface area contributed by atoms with Crippen LogP contribution < -0.4 is 9.64 Å². The van der Waals surface area contributed by atoms with Crippen LogP contribution in [0.25, 0.3) is 0 Å². The fourth-order valence-electron chi connectivity index (χ4n) is 4.24. The Morgan fingerprint density at radius 1 is 1.00 bits per heavy atom. The predicted molar refractivity (Wildman–Crippen MR) is 127 cm³/mol. The molecule has 1 atom stereocenters. The first kappa shape index (κ1) is 20.2. The molecule has 1 aliphatic rings. The fraction of sp³-hybridized carbons (Fsp3) is 0.296. The molecule has 0 saturated heterocycles. The number of rotatable bonds is 4. The third-order valence-electron chi connectivity index (χ3n) is 6.19. The van der Waals surface area contributed by atoms with Gasteiger partial charge in [-0.25, -0.2) is 0 Å².